The Balaban J connectivity index is 2.72. The standard InChI is InChI=1S/C13H14O2/c1-8(2)10-4-5-12-11(7-10)6-9(3)13(14)15-12/h4-8H,1-3H3. The van der Waals surface area contributed by atoms with Crippen LogP contribution in [0.25, 0.3) is 11.0 Å². The quantitative estimate of drug-likeness (QED) is 0.664. The van der Waals surface area contributed by atoms with Gasteiger partial charge in [0.2, 0.25) is 0 Å². The first-order chi connectivity index (χ1) is 7.08. The van der Waals surface area contributed by atoms with Crippen molar-refractivity contribution in [1.29, 1.82) is 0 Å². The van der Waals surface area contributed by atoms with Gasteiger partial charge in [0.25, 0.3) is 0 Å². The molecule has 0 amide bonds. The topological polar surface area (TPSA) is 30.2 Å². The molecule has 0 aliphatic rings. The highest BCUT2D eigenvalue weighted by molar-refractivity contribution is 5.77. The van der Waals surface area contributed by atoms with Gasteiger partial charge in [-0.2, -0.15) is 0 Å². The van der Waals surface area contributed by atoms with E-state index in [2.05, 4.69) is 19.9 Å². The SMILES string of the molecule is Cc1cc2cc(C(C)C)ccc2oc1=O. The minimum atomic E-state index is -0.250. The molecule has 0 aliphatic heterocycles. The second-order valence-electron chi connectivity index (χ2n) is 4.17. The first-order valence-electron chi connectivity index (χ1n) is 5.12. The number of hydrogen-bond donors (Lipinski definition) is 0. The van der Waals surface area contributed by atoms with Crippen molar-refractivity contribution < 1.29 is 4.42 Å². The molecule has 78 valence electrons. The number of hydrogen-bond acceptors (Lipinski definition) is 2. The van der Waals surface area contributed by atoms with Crippen LogP contribution in [-0.4, -0.2) is 0 Å². The van der Waals surface area contributed by atoms with Crippen molar-refractivity contribution in [2.75, 3.05) is 0 Å². The molecule has 0 radical (unpaired) electrons. The van der Waals surface area contributed by atoms with Crippen molar-refractivity contribution in [1.82, 2.24) is 0 Å². The Labute approximate surface area is 88.5 Å². The van der Waals surface area contributed by atoms with Crippen LogP contribution in [0.5, 0.6) is 0 Å². The van der Waals surface area contributed by atoms with Crippen molar-refractivity contribution in [2.24, 2.45) is 0 Å². The molecule has 2 rings (SSSR count). The van der Waals surface area contributed by atoms with Crippen molar-refractivity contribution in [3.63, 3.8) is 0 Å². The molecule has 1 heterocycles. The third-order valence-electron chi connectivity index (χ3n) is 2.60. The Morgan fingerprint density at radius 3 is 2.60 bits per heavy atom. The Bertz CT molecular complexity index is 550. The van der Waals surface area contributed by atoms with E-state index < -0.39 is 0 Å². The minimum Gasteiger partial charge on any atom is -0.423 e. The molecule has 0 saturated carbocycles. The van der Waals surface area contributed by atoms with Crippen molar-refractivity contribution in [3.8, 4) is 0 Å². The van der Waals surface area contributed by atoms with Gasteiger partial charge in [0.05, 0.1) is 0 Å². The molecule has 0 aliphatic carbocycles. The van der Waals surface area contributed by atoms with Gasteiger partial charge >= 0.3 is 5.63 Å². The lowest BCUT2D eigenvalue weighted by Crippen LogP contribution is -2.02. The lowest BCUT2D eigenvalue weighted by molar-refractivity contribution is 0.555. The molecule has 0 bridgehead atoms. The summed E-state index contributed by atoms with van der Waals surface area (Å²) in [4.78, 5) is 11.3. The molecule has 0 spiro atoms. The molecule has 2 aromatic rings. The van der Waals surface area contributed by atoms with Crippen LogP contribution in [0.3, 0.4) is 0 Å². The van der Waals surface area contributed by atoms with Crippen LogP contribution in [-0.2, 0) is 0 Å². The fraction of sp³-hybridized carbons (Fsp3) is 0.308. The molecular weight excluding hydrogens is 188 g/mol. The first kappa shape index (κ1) is 9.97. The highest BCUT2D eigenvalue weighted by Crippen LogP contribution is 2.20. The number of benzene rings is 1. The third kappa shape index (κ3) is 1.80. The van der Waals surface area contributed by atoms with E-state index in [9.17, 15) is 4.79 Å². The van der Waals surface area contributed by atoms with Gasteiger partial charge in [0, 0.05) is 10.9 Å². The molecule has 0 N–H and O–H groups in total. The lowest BCUT2D eigenvalue weighted by atomic mass is 10.0. The number of fused-ring (bicyclic) bond motifs is 1. The molecule has 0 saturated heterocycles. The van der Waals surface area contributed by atoms with Gasteiger partial charge in [0.1, 0.15) is 5.58 Å². The fourth-order valence-corrected chi connectivity index (χ4v) is 1.60. The van der Waals surface area contributed by atoms with Gasteiger partial charge in [-0.05, 0) is 36.6 Å². The van der Waals surface area contributed by atoms with E-state index in [-0.39, 0.29) is 5.63 Å². The van der Waals surface area contributed by atoms with Gasteiger partial charge < -0.3 is 4.42 Å². The zero-order valence-corrected chi connectivity index (χ0v) is 9.20. The van der Waals surface area contributed by atoms with Crippen LogP contribution in [0.1, 0.15) is 30.9 Å². The molecule has 15 heavy (non-hydrogen) atoms. The second-order valence-corrected chi connectivity index (χ2v) is 4.17. The van der Waals surface area contributed by atoms with E-state index in [1.807, 2.05) is 18.2 Å². The van der Waals surface area contributed by atoms with Gasteiger partial charge in [0.15, 0.2) is 0 Å². The van der Waals surface area contributed by atoms with E-state index in [0.29, 0.717) is 17.1 Å². The Hall–Kier alpha value is -1.57. The average Bonchev–Trinajstić information content (AvgIpc) is 2.19. The smallest absolute Gasteiger partial charge is 0.339 e. The molecule has 1 aromatic heterocycles. The normalized spacial score (nSPS) is 11.2. The first-order valence-corrected chi connectivity index (χ1v) is 5.12. The highest BCUT2D eigenvalue weighted by atomic mass is 16.4. The third-order valence-corrected chi connectivity index (χ3v) is 2.60. The maximum Gasteiger partial charge on any atom is 0.339 e. The average molecular weight is 202 g/mol. The van der Waals surface area contributed by atoms with E-state index in [1.54, 1.807) is 6.92 Å². The van der Waals surface area contributed by atoms with Crippen LogP contribution >= 0.6 is 0 Å². The summed E-state index contributed by atoms with van der Waals surface area (Å²) in [5.74, 6) is 0.488. The summed E-state index contributed by atoms with van der Waals surface area (Å²) in [7, 11) is 0. The summed E-state index contributed by atoms with van der Waals surface area (Å²) >= 11 is 0. The Kier molecular flexibility index (Phi) is 2.35. The zero-order valence-electron chi connectivity index (χ0n) is 9.20. The van der Waals surface area contributed by atoms with Gasteiger partial charge in [-0.25, -0.2) is 4.79 Å². The Morgan fingerprint density at radius 1 is 1.20 bits per heavy atom. The number of rotatable bonds is 1. The number of aryl methyl sites for hydroxylation is 1. The largest absolute Gasteiger partial charge is 0.423 e. The molecule has 1 aromatic carbocycles. The van der Waals surface area contributed by atoms with Crippen molar-refractivity contribution in [2.45, 2.75) is 26.7 Å². The molecule has 0 fully saturated rings. The highest BCUT2D eigenvalue weighted by Gasteiger charge is 2.04. The van der Waals surface area contributed by atoms with Gasteiger partial charge in [-0.15, -0.1) is 0 Å². The molecule has 2 nitrogen and oxygen atoms in total. The predicted octanol–water partition coefficient (Wildman–Crippen LogP) is 3.22. The van der Waals surface area contributed by atoms with Crippen LogP contribution in [0.4, 0.5) is 0 Å². The van der Waals surface area contributed by atoms with Gasteiger partial charge in [-0.3, -0.25) is 0 Å². The van der Waals surface area contributed by atoms with Gasteiger partial charge in [-0.1, -0.05) is 19.9 Å². The van der Waals surface area contributed by atoms with E-state index >= 15 is 0 Å². The monoisotopic (exact) mass is 202 g/mol. The Morgan fingerprint density at radius 2 is 1.93 bits per heavy atom. The predicted molar refractivity (Wildman–Crippen MR) is 61.3 cm³/mol. The summed E-state index contributed by atoms with van der Waals surface area (Å²) in [5, 5.41) is 0.998. The maximum absolute atomic E-state index is 11.3. The fourth-order valence-electron chi connectivity index (χ4n) is 1.60. The lowest BCUT2D eigenvalue weighted by Gasteiger charge is -2.06. The summed E-state index contributed by atoms with van der Waals surface area (Å²) < 4.78 is 5.17. The van der Waals surface area contributed by atoms with Crippen molar-refractivity contribution >= 4 is 11.0 Å². The zero-order chi connectivity index (χ0) is 11.0. The van der Waals surface area contributed by atoms with E-state index in [0.717, 1.165) is 5.39 Å². The minimum absolute atomic E-state index is 0.250. The molecule has 2 heteroatoms. The molecule has 0 atom stereocenters. The molecular formula is C13H14O2. The van der Waals surface area contributed by atoms with Crippen molar-refractivity contribution in [3.05, 3.63) is 45.8 Å². The van der Waals surface area contributed by atoms with Crippen LogP contribution in [0.2, 0.25) is 0 Å². The summed E-state index contributed by atoms with van der Waals surface area (Å²) in [6.45, 7) is 6.06. The van der Waals surface area contributed by atoms with Crippen LogP contribution in [0.15, 0.2) is 33.5 Å². The maximum atomic E-state index is 11.3. The van der Waals surface area contributed by atoms with Crippen LogP contribution < -0.4 is 5.63 Å². The summed E-state index contributed by atoms with van der Waals surface area (Å²) in [5.41, 5.74) is 2.33. The van der Waals surface area contributed by atoms with E-state index in [4.69, 9.17) is 4.42 Å². The summed E-state index contributed by atoms with van der Waals surface area (Å²) in [6.07, 6.45) is 0. The van der Waals surface area contributed by atoms with E-state index in [1.165, 1.54) is 5.56 Å². The second kappa shape index (κ2) is 3.54. The summed E-state index contributed by atoms with van der Waals surface area (Å²) in [6, 6.07) is 7.83. The van der Waals surface area contributed by atoms with Crippen LogP contribution in [0, 0.1) is 6.92 Å². The molecule has 0 unspecified atom stereocenters.